The number of carboxylic acids is 1. The number of hydrogen-bond acceptors (Lipinski definition) is 2. The molecule has 0 aromatic carbocycles. The van der Waals surface area contributed by atoms with E-state index in [9.17, 15) is 4.79 Å². The Labute approximate surface area is 52.9 Å². The minimum absolute atomic E-state index is 0.645. The van der Waals surface area contributed by atoms with E-state index in [1.54, 1.807) is 13.0 Å². The minimum Gasteiger partial charge on any atom is -0.502 e. The second kappa shape index (κ2) is 3.72. The molecule has 0 aliphatic heterocycles. The van der Waals surface area contributed by atoms with E-state index in [1.165, 1.54) is 6.08 Å². The fourth-order valence-electron chi connectivity index (χ4n) is 0.259. The molecule has 0 aliphatic carbocycles. The molecular weight excluding hydrogens is 120 g/mol. The van der Waals surface area contributed by atoms with Gasteiger partial charge >= 0.3 is 5.97 Å². The number of aliphatic hydroxyl groups is 1. The fraction of sp³-hybridized carbons (Fsp3) is 0.167. The van der Waals surface area contributed by atoms with E-state index in [0.29, 0.717) is 0 Å². The average molecular weight is 128 g/mol. The molecule has 0 amide bonds. The number of carboxylic acid groups (broad SMARTS) is 1. The summed E-state index contributed by atoms with van der Waals surface area (Å²) in [6.45, 7) is 1.73. The molecule has 50 valence electrons. The Morgan fingerprint density at radius 1 is 1.44 bits per heavy atom. The van der Waals surface area contributed by atoms with E-state index in [1.807, 2.05) is 0 Å². The lowest BCUT2D eigenvalue weighted by Crippen LogP contribution is -1.97. The zero-order chi connectivity index (χ0) is 7.28. The normalized spacial score (nSPS) is 12.3. The van der Waals surface area contributed by atoms with Crippen LogP contribution < -0.4 is 0 Å². The molecule has 0 bridgehead atoms. The van der Waals surface area contributed by atoms with Crippen molar-refractivity contribution in [1.82, 2.24) is 0 Å². The van der Waals surface area contributed by atoms with Crippen molar-refractivity contribution in [3.63, 3.8) is 0 Å². The van der Waals surface area contributed by atoms with E-state index in [0.717, 1.165) is 6.08 Å². The molecule has 0 aromatic rings. The molecule has 2 N–H and O–H groups in total. The number of aliphatic hydroxyl groups excluding tert-OH is 1. The van der Waals surface area contributed by atoms with Crippen molar-refractivity contribution >= 4 is 5.97 Å². The lowest BCUT2D eigenvalue weighted by molar-refractivity contribution is -0.135. The second-order valence-electron chi connectivity index (χ2n) is 1.38. The third-order valence-corrected chi connectivity index (χ3v) is 0.666. The number of carbonyl (C=O) groups is 1. The summed E-state index contributed by atoms with van der Waals surface area (Å²) >= 11 is 0. The number of aliphatic carboxylic acids is 1. The Bertz CT molecular complexity index is 156. The molecular formula is C6H8O3. The van der Waals surface area contributed by atoms with Crippen LogP contribution in [-0.2, 0) is 4.79 Å². The smallest absolute Gasteiger partial charge is 0.370 e. The largest absolute Gasteiger partial charge is 0.502 e. The monoisotopic (exact) mass is 128 g/mol. The van der Waals surface area contributed by atoms with E-state index >= 15 is 0 Å². The maximum absolute atomic E-state index is 9.85. The topological polar surface area (TPSA) is 57.5 Å². The highest BCUT2D eigenvalue weighted by atomic mass is 16.4. The zero-order valence-electron chi connectivity index (χ0n) is 5.03. The number of rotatable bonds is 2. The van der Waals surface area contributed by atoms with Crippen LogP contribution in [0.2, 0.25) is 0 Å². The second-order valence-corrected chi connectivity index (χ2v) is 1.38. The predicted molar refractivity (Wildman–Crippen MR) is 33.2 cm³/mol. The van der Waals surface area contributed by atoms with Gasteiger partial charge in [-0.2, -0.15) is 0 Å². The molecule has 0 spiro atoms. The van der Waals surface area contributed by atoms with Crippen molar-refractivity contribution in [3.05, 3.63) is 24.0 Å². The SMILES string of the molecule is CC=CC=C(O)C(=O)O. The molecule has 0 radical (unpaired) electrons. The molecule has 0 atom stereocenters. The van der Waals surface area contributed by atoms with Gasteiger partial charge in [0.1, 0.15) is 0 Å². The predicted octanol–water partition coefficient (Wildman–Crippen LogP) is 1.09. The zero-order valence-corrected chi connectivity index (χ0v) is 5.03. The summed E-state index contributed by atoms with van der Waals surface area (Å²) in [7, 11) is 0. The highest BCUT2D eigenvalue weighted by Gasteiger charge is 1.98. The van der Waals surface area contributed by atoms with Gasteiger partial charge in [0.2, 0.25) is 5.76 Å². The summed E-state index contributed by atoms with van der Waals surface area (Å²) in [4.78, 5) is 9.85. The summed E-state index contributed by atoms with van der Waals surface area (Å²) in [6.07, 6.45) is 4.19. The maximum Gasteiger partial charge on any atom is 0.370 e. The van der Waals surface area contributed by atoms with Gasteiger partial charge in [0, 0.05) is 0 Å². The number of hydrogen-bond donors (Lipinski definition) is 2. The van der Waals surface area contributed by atoms with Gasteiger partial charge in [0.05, 0.1) is 0 Å². The molecule has 0 rings (SSSR count). The van der Waals surface area contributed by atoms with Gasteiger partial charge in [-0.1, -0.05) is 12.2 Å². The molecule has 0 saturated heterocycles. The van der Waals surface area contributed by atoms with Gasteiger partial charge in [0.25, 0.3) is 0 Å². The van der Waals surface area contributed by atoms with Crippen LogP contribution in [0, 0.1) is 0 Å². The lowest BCUT2D eigenvalue weighted by atomic mass is 10.4. The van der Waals surface area contributed by atoms with Crippen molar-refractivity contribution in [3.8, 4) is 0 Å². The Morgan fingerprint density at radius 3 is 2.33 bits per heavy atom. The van der Waals surface area contributed by atoms with Gasteiger partial charge in [-0.15, -0.1) is 0 Å². The highest BCUT2D eigenvalue weighted by Crippen LogP contribution is 1.87. The van der Waals surface area contributed by atoms with Gasteiger partial charge in [0.15, 0.2) is 0 Å². The van der Waals surface area contributed by atoms with Crippen molar-refractivity contribution in [2.45, 2.75) is 6.92 Å². The Balaban J connectivity index is 4.00. The summed E-state index contributed by atoms with van der Waals surface area (Å²) in [5.74, 6) is -1.96. The van der Waals surface area contributed by atoms with Crippen molar-refractivity contribution in [2.75, 3.05) is 0 Å². The molecule has 0 fully saturated rings. The van der Waals surface area contributed by atoms with E-state index in [-0.39, 0.29) is 0 Å². The molecule has 3 nitrogen and oxygen atoms in total. The van der Waals surface area contributed by atoms with E-state index in [4.69, 9.17) is 10.2 Å². The van der Waals surface area contributed by atoms with Crippen LogP contribution in [0.3, 0.4) is 0 Å². The first-order valence-corrected chi connectivity index (χ1v) is 2.43. The third kappa shape index (κ3) is 3.34. The van der Waals surface area contributed by atoms with Crippen LogP contribution in [0.4, 0.5) is 0 Å². The van der Waals surface area contributed by atoms with Crippen molar-refractivity contribution < 1.29 is 15.0 Å². The third-order valence-electron chi connectivity index (χ3n) is 0.666. The summed E-state index contributed by atoms with van der Waals surface area (Å²) < 4.78 is 0. The molecule has 3 heteroatoms. The molecule has 9 heavy (non-hydrogen) atoms. The van der Waals surface area contributed by atoms with Crippen LogP contribution in [0.5, 0.6) is 0 Å². The van der Waals surface area contributed by atoms with E-state index < -0.39 is 11.7 Å². The summed E-state index contributed by atoms with van der Waals surface area (Å²) in [5.41, 5.74) is 0. The number of allylic oxidation sites excluding steroid dienone is 3. The summed E-state index contributed by atoms with van der Waals surface area (Å²) in [5, 5.41) is 16.5. The first kappa shape index (κ1) is 7.75. The Hall–Kier alpha value is -1.25. The highest BCUT2D eigenvalue weighted by molar-refractivity contribution is 5.83. The molecule has 0 saturated carbocycles. The van der Waals surface area contributed by atoms with Gasteiger partial charge in [-0.3, -0.25) is 0 Å². The van der Waals surface area contributed by atoms with Crippen molar-refractivity contribution in [1.29, 1.82) is 0 Å². The minimum atomic E-state index is -1.31. The quantitative estimate of drug-likeness (QED) is 0.332. The standard InChI is InChI=1S/C6H8O3/c1-2-3-4-5(7)6(8)9/h2-4,7H,1H3,(H,8,9). The Morgan fingerprint density at radius 2 is 2.00 bits per heavy atom. The van der Waals surface area contributed by atoms with Crippen molar-refractivity contribution in [2.24, 2.45) is 0 Å². The Kier molecular flexibility index (Phi) is 3.20. The molecule has 0 heterocycles. The first-order chi connectivity index (χ1) is 4.18. The van der Waals surface area contributed by atoms with Gasteiger partial charge in [-0.25, -0.2) is 4.79 Å². The lowest BCUT2D eigenvalue weighted by Gasteiger charge is -1.85. The molecule has 0 aliphatic rings. The van der Waals surface area contributed by atoms with Crippen LogP contribution in [0.25, 0.3) is 0 Å². The summed E-state index contributed by atoms with van der Waals surface area (Å²) in [6, 6.07) is 0. The molecule has 0 aromatic heterocycles. The van der Waals surface area contributed by atoms with Crippen LogP contribution in [-0.4, -0.2) is 16.2 Å². The van der Waals surface area contributed by atoms with Gasteiger partial charge in [-0.05, 0) is 13.0 Å². The van der Waals surface area contributed by atoms with E-state index in [2.05, 4.69) is 0 Å². The average Bonchev–Trinajstić information content (AvgIpc) is 1.82. The van der Waals surface area contributed by atoms with Crippen LogP contribution >= 0.6 is 0 Å². The fourth-order valence-corrected chi connectivity index (χ4v) is 0.259. The first-order valence-electron chi connectivity index (χ1n) is 2.43. The van der Waals surface area contributed by atoms with Gasteiger partial charge < -0.3 is 10.2 Å². The van der Waals surface area contributed by atoms with Crippen LogP contribution in [0.1, 0.15) is 6.92 Å². The maximum atomic E-state index is 9.85. The molecule has 0 unspecified atom stereocenters. The van der Waals surface area contributed by atoms with Crippen LogP contribution in [0.15, 0.2) is 24.0 Å².